The third-order valence-electron chi connectivity index (χ3n) is 4.08. The van der Waals surface area contributed by atoms with E-state index in [2.05, 4.69) is 0 Å². The van der Waals surface area contributed by atoms with Crippen LogP contribution in [0.2, 0.25) is 20.1 Å². The largest absolute Gasteiger partial charge is 0.270 e. The molecule has 0 aliphatic rings. The monoisotopic (exact) mass is 561 g/mol. The number of halogens is 4. The summed E-state index contributed by atoms with van der Waals surface area (Å²) in [6, 6.07) is 16.5. The van der Waals surface area contributed by atoms with Gasteiger partial charge in [0.05, 0.1) is 16.5 Å². The van der Waals surface area contributed by atoms with Crippen molar-refractivity contribution in [1.29, 1.82) is 0 Å². The molecule has 0 aliphatic carbocycles. The first-order valence-corrected chi connectivity index (χ1v) is 13.6. The molecule has 0 saturated carbocycles. The molecular weight excluding hydrogens is 548 g/mol. The molecule has 0 aromatic heterocycles. The Morgan fingerprint density at radius 3 is 1.39 bits per heavy atom. The second-order valence-corrected chi connectivity index (χ2v) is 11.9. The minimum absolute atomic E-state index is 0.0607. The highest BCUT2D eigenvalue weighted by atomic mass is 35.5. The van der Waals surface area contributed by atoms with E-state index in [9.17, 15) is 16.8 Å². The summed E-state index contributed by atoms with van der Waals surface area (Å²) >= 11 is 23.9. The fourth-order valence-corrected chi connectivity index (χ4v) is 6.79. The van der Waals surface area contributed by atoms with Crippen LogP contribution in [0.1, 0.15) is 11.1 Å². The van der Waals surface area contributed by atoms with Crippen LogP contribution in [0, 0.1) is 0 Å². The van der Waals surface area contributed by atoms with E-state index in [1.807, 2.05) is 0 Å². The maximum atomic E-state index is 13.2. The van der Waals surface area contributed by atoms with Crippen molar-refractivity contribution in [2.75, 3.05) is 3.71 Å². The third-order valence-corrected chi connectivity index (χ3v) is 8.54. The first-order valence-electron chi connectivity index (χ1n) is 9.10. The van der Waals surface area contributed by atoms with Crippen LogP contribution < -0.4 is 3.71 Å². The fraction of sp³-hybridized carbons (Fsp3) is 0. The fourth-order valence-electron chi connectivity index (χ4n) is 2.74. The highest BCUT2D eigenvalue weighted by molar-refractivity contribution is 8.12. The average Bonchev–Trinajstić information content (AvgIpc) is 2.70. The molecule has 0 saturated heterocycles. The molecule has 5 nitrogen and oxygen atoms in total. The second-order valence-electron chi connectivity index (χ2n) is 6.63. The van der Waals surface area contributed by atoms with Crippen molar-refractivity contribution < 1.29 is 16.8 Å². The predicted molar refractivity (Wildman–Crippen MR) is 138 cm³/mol. The molecular formula is C22H15Cl4NO4S2. The molecule has 0 bridgehead atoms. The molecule has 0 spiro atoms. The van der Waals surface area contributed by atoms with Crippen molar-refractivity contribution in [3.05, 3.63) is 109 Å². The Morgan fingerprint density at radius 1 is 0.576 bits per heavy atom. The van der Waals surface area contributed by atoms with Gasteiger partial charge in [0, 0.05) is 20.1 Å². The maximum absolute atomic E-state index is 13.2. The Bertz CT molecular complexity index is 1350. The zero-order valence-electron chi connectivity index (χ0n) is 16.6. The number of benzene rings is 3. The third kappa shape index (κ3) is 6.99. The van der Waals surface area contributed by atoms with Gasteiger partial charge in [0.2, 0.25) is 0 Å². The Hall–Kier alpha value is -2.00. The van der Waals surface area contributed by atoms with E-state index in [0.29, 0.717) is 21.2 Å². The van der Waals surface area contributed by atoms with Crippen molar-refractivity contribution in [2.24, 2.45) is 0 Å². The van der Waals surface area contributed by atoms with E-state index in [4.69, 9.17) is 46.4 Å². The molecule has 0 radical (unpaired) electrons. The van der Waals surface area contributed by atoms with E-state index < -0.39 is 20.0 Å². The molecule has 0 atom stereocenters. The zero-order chi connectivity index (χ0) is 24.2. The normalized spacial score (nSPS) is 12.5. The lowest BCUT2D eigenvalue weighted by molar-refractivity contribution is 0.594. The lowest BCUT2D eigenvalue weighted by atomic mass is 10.2. The summed E-state index contributed by atoms with van der Waals surface area (Å²) < 4.78 is 53.1. The SMILES string of the molecule is O=S(=O)(/C=C/c1cccc(Cl)c1)N(c1cc(Cl)cc(Cl)c1)S(=O)(=O)/C=C/c1cccc(Cl)c1. The first-order chi connectivity index (χ1) is 15.5. The van der Waals surface area contributed by atoms with E-state index in [1.165, 1.54) is 42.5 Å². The van der Waals surface area contributed by atoms with Crippen LogP contribution in [-0.2, 0) is 20.0 Å². The van der Waals surface area contributed by atoms with E-state index in [-0.39, 0.29) is 19.4 Å². The second kappa shape index (κ2) is 10.5. The number of nitrogens with zero attached hydrogens (tertiary/aromatic N) is 1. The predicted octanol–water partition coefficient (Wildman–Crippen LogP) is 7.11. The van der Waals surface area contributed by atoms with Gasteiger partial charge in [-0.3, -0.25) is 0 Å². The molecule has 0 unspecified atom stereocenters. The van der Waals surface area contributed by atoms with Crippen LogP contribution in [-0.4, -0.2) is 16.8 Å². The number of anilines is 1. The van der Waals surface area contributed by atoms with Crippen LogP contribution in [0.15, 0.2) is 77.5 Å². The molecule has 0 amide bonds. The molecule has 0 N–H and O–H groups in total. The van der Waals surface area contributed by atoms with Crippen molar-refractivity contribution in [3.8, 4) is 0 Å². The number of rotatable bonds is 7. The topological polar surface area (TPSA) is 71.5 Å². The lowest BCUT2D eigenvalue weighted by Crippen LogP contribution is -2.34. The molecule has 33 heavy (non-hydrogen) atoms. The van der Waals surface area contributed by atoms with Gasteiger partial charge in [0.15, 0.2) is 0 Å². The summed E-state index contributed by atoms with van der Waals surface area (Å²) in [7, 11) is -9.13. The van der Waals surface area contributed by atoms with Gasteiger partial charge in [0.1, 0.15) is 0 Å². The Kier molecular flexibility index (Phi) is 8.16. The van der Waals surface area contributed by atoms with Crippen LogP contribution in [0.4, 0.5) is 5.69 Å². The van der Waals surface area contributed by atoms with Gasteiger partial charge >= 0.3 is 0 Å². The Balaban J connectivity index is 2.11. The van der Waals surface area contributed by atoms with Crippen LogP contribution >= 0.6 is 46.4 Å². The standard InChI is InChI=1S/C22H15Cl4NO4S2/c23-18-5-1-3-16(11-18)7-9-32(28,29)27(22-14-20(25)13-21(26)15-22)33(30,31)10-8-17-4-2-6-19(24)12-17/h1-15H/b9-7+,10-8+. The number of hydrogen-bond donors (Lipinski definition) is 0. The minimum atomic E-state index is -4.56. The molecule has 0 aliphatic heterocycles. The average molecular weight is 563 g/mol. The van der Waals surface area contributed by atoms with Crippen molar-refractivity contribution >= 4 is 84.3 Å². The Labute approximate surface area is 212 Å². The zero-order valence-corrected chi connectivity index (χ0v) is 21.2. The molecule has 3 rings (SSSR count). The summed E-state index contributed by atoms with van der Waals surface area (Å²) in [6.07, 6.45) is 2.47. The molecule has 3 aromatic rings. The molecule has 3 aromatic carbocycles. The van der Waals surface area contributed by atoms with Crippen LogP contribution in [0.5, 0.6) is 0 Å². The van der Waals surface area contributed by atoms with Gasteiger partial charge in [-0.15, -0.1) is 0 Å². The van der Waals surface area contributed by atoms with Gasteiger partial charge in [-0.2, -0.15) is 3.71 Å². The highest BCUT2D eigenvalue weighted by Gasteiger charge is 2.31. The Morgan fingerprint density at radius 2 is 1.00 bits per heavy atom. The summed E-state index contributed by atoms with van der Waals surface area (Å²) in [6.45, 7) is 0. The summed E-state index contributed by atoms with van der Waals surface area (Å²) in [5.41, 5.74) is 0.669. The van der Waals surface area contributed by atoms with E-state index in [1.54, 1.807) is 36.4 Å². The van der Waals surface area contributed by atoms with Gasteiger partial charge in [0.25, 0.3) is 20.0 Å². The van der Waals surface area contributed by atoms with Crippen molar-refractivity contribution in [1.82, 2.24) is 0 Å². The van der Waals surface area contributed by atoms with Gasteiger partial charge in [-0.1, -0.05) is 70.7 Å². The van der Waals surface area contributed by atoms with E-state index in [0.717, 1.165) is 10.8 Å². The van der Waals surface area contributed by atoms with Gasteiger partial charge in [-0.25, -0.2) is 16.8 Å². The van der Waals surface area contributed by atoms with Crippen molar-refractivity contribution in [2.45, 2.75) is 0 Å². The maximum Gasteiger partial charge on any atom is 0.270 e. The molecule has 11 heteroatoms. The van der Waals surface area contributed by atoms with Crippen LogP contribution in [0.3, 0.4) is 0 Å². The quantitative estimate of drug-likeness (QED) is 0.307. The van der Waals surface area contributed by atoms with Gasteiger partial charge in [-0.05, 0) is 65.7 Å². The molecule has 0 heterocycles. The summed E-state index contributed by atoms with van der Waals surface area (Å²) in [5, 5.41) is 2.43. The van der Waals surface area contributed by atoms with E-state index >= 15 is 0 Å². The smallest absolute Gasteiger partial charge is 0.201 e. The number of sulfonamides is 2. The summed E-state index contributed by atoms with van der Waals surface area (Å²) in [4.78, 5) is 0. The van der Waals surface area contributed by atoms with Gasteiger partial charge < -0.3 is 0 Å². The first kappa shape index (κ1) is 25.6. The van der Waals surface area contributed by atoms with Crippen molar-refractivity contribution in [3.63, 3.8) is 0 Å². The minimum Gasteiger partial charge on any atom is -0.201 e. The molecule has 172 valence electrons. The molecule has 0 fully saturated rings. The summed E-state index contributed by atoms with van der Waals surface area (Å²) in [5.74, 6) is 0. The highest BCUT2D eigenvalue weighted by Crippen LogP contribution is 2.31. The van der Waals surface area contributed by atoms with Crippen LogP contribution in [0.25, 0.3) is 12.2 Å². The number of hydrogen-bond acceptors (Lipinski definition) is 4. The lowest BCUT2D eigenvalue weighted by Gasteiger charge is -2.21.